The molecule has 0 saturated carbocycles. The van der Waals surface area contributed by atoms with Crippen LogP contribution in [0.5, 0.6) is 5.75 Å². The van der Waals surface area contributed by atoms with E-state index in [1.54, 1.807) is 30.5 Å². The van der Waals surface area contributed by atoms with Gasteiger partial charge in [0.1, 0.15) is 23.1 Å². The zero-order valence-corrected chi connectivity index (χ0v) is 23.9. The van der Waals surface area contributed by atoms with Crippen LogP contribution < -0.4 is 21.3 Å². The molecule has 0 bridgehead atoms. The van der Waals surface area contributed by atoms with Crippen molar-refractivity contribution in [3.05, 3.63) is 95.5 Å². The Labute approximate surface area is 247 Å². The van der Waals surface area contributed by atoms with Crippen LogP contribution in [0.4, 0.5) is 32.0 Å². The zero-order chi connectivity index (χ0) is 31.7. The standard InChI is InChI=1S/C29H27F6N5O2S/c1-16-38-27(28(2,31)32)14-39(16)23-9-6-18(19-10-22(30)21(15-41)26(12-19)43-3)11-24(23)40(37)25(13-36)17-4-7-20(8-5-17)42-29(33,34)35/h4-14,41H,15,36-37H2,1-3H3/b25-13-. The number of aliphatic hydroxyl groups is 1. The van der Waals surface area contributed by atoms with Crippen molar-refractivity contribution in [3.63, 3.8) is 0 Å². The molecule has 3 aromatic carbocycles. The molecule has 7 nitrogen and oxygen atoms in total. The van der Waals surface area contributed by atoms with Crippen molar-refractivity contribution in [2.24, 2.45) is 11.6 Å². The van der Waals surface area contributed by atoms with Crippen LogP contribution in [-0.2, 0) is 12.5 Å². The second-order valence-electron chi connectivity index (χ2n) is 9.43. The van der Waals surface area contributed by atoms with Crippen molar-refractivity contribution in [2.75, 3.05) is 11.3 Å². The lowest BCUT2D eigenvalue weighted by Gasteiger charge is -2.26. The molecule has 0 aliphatic rings. The summed E-state index contributed by atoms with van der Waals surface area (Å²) in [5, 5.41) is 10.7. The first-order valence-electron chi connectivity index (χ1n) is 12.6. The number of hydrogen-bond donors (Lipinski definition) is 3. The maximum absolute atomic E-state index is 14.9. The number of aromatic nitrogens is 2. The minimum atomic E-state index is -4.88. The van der Waals surface area contributed by atoms with Gasteiger partial charge in [-0.25, -0.2) is 15.2 Å². The molecule has 4 aromatic rings. The van der Waals surface area contributed by atoms with Gasteiger partial charge in [-0.1, -0.05) is 6.07 Å². The van der Waals surface area contributed by atoms with Gasteiger partial charge in [-0.05, 0) is 72.8 Å². The third kappa shape index (κ3) is 6.92. The largest absolute Gasteiger partial charge is 0.573 e. The van der Waals surface area contributed by atoms with Crippen LogP contribution >= 0.6 is 11.8 Å². The molecule has 1 aromatic heterocycles. The first-order chi connectivity index (χ1) is 20.2. The molecule has 1 heterocycles. The van der Waals surface area contributed by atoms with Crippen LogP contribution in [0.2, 0.25) is 0 Å². The van der Waals surface area contributed by atoms with E-state index in [4.69, 9.17) is 11.6 Å². The molecule has 0 aliphatic heterocycles. The Hall–Kier alpha value is -4.14. The number of rotatable bonds is 9. The molecule has 0 saturated heterocycles. The predicted molar refractivity (Wildman–Crippen MR) is 153 cm³/mol. The molecule has 0 atom stereocenters. The van der Waals surface area contributed by atoms with E-state index in [2.05, 4.69) is 9.72 Å². The zero-order valence-electron chi connectivity index (χ0n) is 23.1. The molecule has 228 valence electrons. The number of anilines is 1. The lowest BCUT2D eigenvalue weighted by molar-refractivity contribution is -0.274. The van der Waals surface area contributed by atoms with Crippen LogP contribution in [-0.4, -0.2) is 27.3 Å². The molecule has 0 radical (unpaired) electrons. The lowest BCUT2D eigenvalue weighted by Crippen LogP contribution is -2.31. The summed E-state index contributed by atoms with van der Waals surface area (Å²) in [5.74, 6) is 2.46. The summed E-state index contributed by atoms with van der Waals surface area (Å²) in [7, 11) is 0. The predicted octanol–water partition coefficient (Wildman–Crippen LogP) is 6.85. The van der Waals surface area contributed by atoms with Gasteiger partial charge in [-0.2, -0.15) is 8.78 Å². The number of ether oxygens (including phenoxy) is 1. The summed E-state index contributed by atoms with van der Waals surface area (Å²) in [6.07, 6.45) is -0.854. The van der Waals surface area contributed by atoms with E-state index in [0.29, 0.717) is 34.2 Å². The second kappa shape index (κ2) is 12.2. The van der Waals surface area contributed by atoms with Crippen molar-refractivity contribution < 1.29 is 36.2 Å². The Morgan fingerprint density at radius 2 is 1.74 bits per heavy atom. The molecule has 14 heteroatoms. The smallest absolute Gasteiger partial charge is 0.406 e. The topological polar surface area (TPSA) is 103 Å². The Morgan fingerprint density at radius 1 is 1.07 bits per heavy atom. The SMILES string of the molecule is CSc1cc(-c2ccc(-n3cc(C(C)(F)F)nc3C)c(N(N)/C(=C\N)c3ccc(OC(F)(F)F)cc3)c2)cc(F)c1CO. The van der Waals surface area contributed by atoms with Crippen molar-refractivity contribution in [1.29, 1.82) is 0 Å². The average Bonchev–Trinajstić information content (AvgIpc) is 3.34. The Kier molecular flexibility index (Phi) is 9.04. The second-order valence-corrected chi connectivity index (χ2v) is 10.3. The minimum Gasteiger partial charge on any atom is -0.406 e. The number of aliphatic hydroxyl groups excluding tert-OH is 1. The van der Waals surface area contributed by atoms with Gasteiger partial charge in [-0.3, -0.25) is 5.01 Å². The third-order valence-electron chi connectivity index (χ3n) is 6.49. The minimum absolute atomic E-state index is 0.141. The molecular weight excluding hydrogens is 596 g/mol. The normalized spacial score (nSPS) is 12.5. The van der Waals surface area contributed by atoms with Gasteiger partial charge in [-0.15, -0.1) is 24.9 Å². The highest BCUT2D eigenvalue weighted by Gasteiger charge is 2.31. The van der Waals surface area contributed by atoms with Gasteiger partial charge in [0.2, 0.25) is 0 Å². The average molecular weight is 624 g/mol. The van der Waals surface area contributed by atoms with E-state index in [-0.39, 0.29) is 22.8 Å². The first-order valence-corrected chi connectivity index (χ1v) is 13.8. The van der Waals surface area contributed by atoms with Gasteiger partial charge in [0.15, 0.2) is 0 Å². The fourth-order valence-corrected chi connectivity index (χ4v) is 5.07. The molecule has 5 N–H and O–H groups in total. The summed E-state index contributed by atoms with van der Waals surface area (Å²) < 4.78 is 86.5. The Bertz CT molecular complexity index is 1650. The molecular formula is C29H27F6N5O2S. The highest BCUT2D eigenvalue weighted by atomic mass is 32.2. The van der Waals surface area contributed by atoms with E-state index in [0.717, 1.165) is 23.3 Å². The molecule has 43 heavy (non-hydrogen) atoms. The highest BCUT2D eigenvalue weighted by molar-refractivity contribution is 7.98. The van der Waals surface area contributed by atoms with E-state index >= 15 is 0 Å². The molecule has 0 aliphatic carbocycles. The number of aryl methyl sites for hydroxylation is 1. The van der Waals surface area contributed by atoms with E-state index in [1.807, 2.05) is 0 Å². The van der Waals surface area contributed by atoms with Crippen molar-refractivity contribution in [1.82, 2.24) is 9.55 Å². The number of nitrogens with zero attached hydrogens (tertiary/aromatic N) is 3. The van der Waals surface area contributed by atoms with Crippen molar-refractivity contribution in [2.45, 2.75) is 37.6 Å². The summed E-state index contributed by atoms with van der Waals surface area (Å²) >= 11 is 1.25. The van der Waals surface area contributed by atoms with Crippen LogP contribution in [0.3, 0.4) is 0 Å². The first kappa shape index (κ1) is 31.8. The fourth-order valence-electron chi connectivity index (χ4n) is 4.41. The molecule has 0 amide bonds. The van der Waals surface area contributed by atoms with Crippen molar-refractivity contribution >= 4 is 23.1 Å². The molecule has 0 fully saturated rings. The van der Waals surface area contributed by atoms with E-state index < -0.39 is 36.2 Å². The molecule has 0 unspecified atom stereocenters. The van der Waals surface area contributed by atoms with E-state index in [9.17, 15) is 31.4 Å². The fraction of sp³-hybridized carbons (Fsp3) is 0.207. The van der Waals surface area contributed by atoms with Crippen LogP contribution in [0, 0.1) is 12.7 Å². The summed E-state index contributed by atoms with van der Waals surface area (Å²) in [5.41, 5.74) is 7.47. The van der Waals surface area contributed by atoms with Crippen LogP contribution in [0.25, 0.3) is 22.5 Å². The summed E-state index contributed by atoms with van der Waals surface area (Å²) in [6.45, 7) is 1.75. The molecule has 0 spiro atoms. The van der Waals surface area contributed by atoms with Crippen LogP contribution in [0.15, 0.2) is 71.9 Å². The Balaban J connectivity index is 1.88. The summed E-state index contributed by atoms with van der Waals surface area (Å²) in [4.78, 5) is 4.50. The van der Waals surface area contributed by atoms with Crippen molar-refractivity contribution in [3.8, 4) is 22.6 Å². The molecule has 4 rings (SSSR count). The maximum Gasteiger partial charge on any atom is 0.573 e. The highest BCUT2D eigenvalue weighted by Crippen LogP contribution is 2.37. The van der Waals surface area contributed by atoms with Gasteiger partial charge >= 0.3 is 6.36 Å². The quantitative estimate of drug-likeness (QED) is 0.0812. The number of hydrazine groups is 1. The third-order valence-corrected chi connectivity index (χ3v) is 7.30. The number of alkyl halides is 5. The van der Waals surface area contributed by atoms with Gasteiger partial charge in [0.05, 0.1) is 23.7 Å². The monoisotopic (exact) mass is 623 g/mol. The van der Waals surface area contributed by atoms with Gasteiger partial charge < -0.3 is 20.1 Å². The maximum atomic E-state index is 14.9. The summed E-state index contributed by atoms with van der Waals surface area (Å²) in [6, 6.07) is 12.6. The number of benzene rings is 3. The number of nitrogens with two attached hydrogens (primary N) is 2. The van der Waals surface area contributed by atoms with E-state index in [1.165, 1.54) is 47.6 Å². The lowest BCUT2D eigenvalue weighted by atomic mass is 10.0. The van der Waals surface area contributed by atoms with Gasteiger partial charge in [0.25, 0.3) is 5.92 Å². The number of thioether (sulfide) groups is 1. The van der Waals surface area contributed by atoms with Crippen LogP contribution in [0.1, 0.15) is 29.6 Å². The van der Waals surface area contributed by atoms with Gasteiger partial charge in [0, 0.05) is 35.3 Å². The Morgan fingerprint density at radius 3 is 2.28 bits per heavy atom. The number of hydrogen-bond acceptors (Lipinski definition) is 7. The number of imidazole rings is 1. The number of halogens is 6.